The van der Waals surface area contributed by atoms with Gasteiger partial charge in [-0.3, -0.25) is 4.79 Å². The lowest BCUT2D eigenvalue weighted by molar-refractivity contribution is -0.130. The number of aliphatic hydroxyl groups is 1. The van der Waals surface area contributed by atoms with Gasteiger partial charge in [0.15, 0.2) is 0 Å². The summed E-state index contributed by atoms with van der Waals surface area (Å²) < 4.78 is 5.53. The van der Waals surface area contributed by atoms with Crippen molar-refractivity contribution in [3.05, 3.63) is 59.2 Å². The monoisotopic (exact) mass is 512 g/mol. The van der Waals surface area contributed by atoms with Gasteiger partial charge in [0.05, 0.1) is 18.8 Å². The third-order valence-electron chi connectivity index (χ3n) is 9.69. The predicted octanol–water partition coefficient (Wildman–Crippen LogP) is 5.86. The van der Waals surface area contributed by atoms with Gasteiger partial charge in [0.25, 0.3) is 5.91 Å². The summed E-state index contributed by atoms with van der Waals surface area (Å²) in [5.41, 5.74) is 3.99. The molecule has 2 N–H and O–H groups in total. The summed E-state index contributed by atoms with van der Waals surface area (Å²) in [6, 6.07) is 14.6. The highest BCUT2D eigenvalue weighted by atomic mass is 16.5. The van der Waals surface area contributed by atoms with Crippen LogP contribution >= 0.6 is 0 Å². The Morgan fingerprint density at radius 1 is 1.16 bits per heavy atom. The molecule has 4 atom stereocenters. The largest absolute Gasteiger partial charge is 0.497 e. The highest BCUT2D eigenvalue weighted by Crippen LogP contribution is 2.58. The number of nitrogens with zero attached hydrogens (tertiary/aromatic N) is 1. The van der Waals surface area contributed by atoms with E-state index in [-0.39, 0.29) is 23.5 Å². The Balaban J connectivity index is 1.32. The molecule has 5 heteroatoms. The molecule has 0 spiro atoms. The van der Waals surface area contributed by atoms with E-state index in [9.17, 15) is 9.90 Å². The number of benzene rings is 2. The summed E-state index contributed by atoms with van der Waals surface area (Å²) in [5.74, 6) is 4.27. The SMILES string of the molecule is C#CC(=O)N1[C@@H](CCCC)Cc2cc(OC)ccc2[C@@H]1c1ccc(NC23CC4CC(CC(O)(C4)C2)C3)cc1. The Kier molecular flexibility index (Phi) is 6.43. The van der Waals surface area contributed by atoms with Crippen LogP contribution in [-0.2, 0) is 11.2 Å². The summed E-state index contributed by atoms with van der Waals surface area (Å²) in [6.45, 7) is 2.18. The van der Waals surface area contributed by atoms with Crippen LogP contribution in [0.2, 0.25) is 0 Å². The van der Waals surface area contributed by atoms with Crippen molar-refractivity contribution >= 4 is 11.6 Å². The first-order chi connectivity index (χ1) is 18.3. The molecular weight excluding hydrogens is 472 g/mol. The normalized spacial score (nSPS) is 32.9. The van der Waals surface area contributed by atoms with E-state index >= 15 is 0 Å². The molecule has 5 aliphatic rings. The summed E-state index contributed by atoms with van der Waals surface area (Å²) in [7, 11) is 1.69. The number of hydrogen-bond acceptors (Lipinski definition) is 4. The Hall–Kier alpha value is -2.97. The second-order valence-electron chi connectivity index (χ2n) is 12.5. The Morgan fingerprint density at radius 2 is 1.89 bits per heavy atom. The molecule has 0 aromatic heterocycles. The van der Waals surface area contributed by atoms with E-state index in [1.54, 1.807) is 7.11 Å². The van der Waals surface area contributed by atoms with Gasteiger partial charge in [-0.25, -0.2) is 0 Å². The maximum absolute atomic E-state index is 13.2. The number of hydrogen-bond donors (Lipinski definition) is 2. The van der Waals surface area contributed by atoms with Crippen LogP contribution in [0.3, 0.4) is 0 Å². The third-order valence-corrected chi connectivity index (χ3v) is 9.69. The standard InChI is InChI=1S/C33H40N2O3/c1-4-6-7-27-15-25-16-28(38-3)12-13-29(25)31(35(27)30(36)5-2)24-8-10-26(11-9-24)34-32-17-22-14-23(18-32)20-33(37,19-22)21-32/h2,8-13,16,22-23,27,31,34,37H,4,6-7,14-15,17-21H2,1,3H3/t22?,23?,27-,31-,32?,33?/m0/s1. The van der Waals surface area contributed by atoms with Crippen LogP contribution < -0.4 is 10.1 Å². The van der Waals surface area contributed by atoms with E-state index in [1.807, 2.05) is 11.0 Å². The van der Waals surface area contributed by atoms with Crippen LogP contribution in [0, 0.1) is 24.2 Å². The zero-order valence-corrected chi connectivity index (χ0v) is 22.7. The van der Waals surface area contributed by atoms with Gasteiger partial charge in [-0.05, 0) is 110 Å². The minimum absolute atomic E-state index is 0.00887. The quantitative estimate of drug-likeness (QED) is 0.457. The summed E-state index contributed by atoms with van der Waals surface area (Å²) in [5, 5.41) is 15.0. The van der Waals surface area contributed by atoms with E-state index in [0.29, 0.717) is 11.8 Å². The fourth-order valence-corrected chi connectivity index (χ4v) is 8.66. The molecule has 4 saturated carbocycles. The summed E-state index contributed by atoms with van der Waals surface area (Å²) >= 11 is 0. The molecule has 0 radical (unpaired) electrons. The van der Waals surface area contributed by atoms with E-state index < -0.39 is 5.60 Å². The third kappa shape index (κ3) is 4.47. The number of anilines is 1. The number of unbranched alkanes of at least 4 members (excludes halogenated alkanes) is 1. The molecule has 5 nitrogen and oxygen atoms in total. The number of fused-ring (bicyclic) bond motifs is 1. The van der Waals surface area contributed by atoms with Crippen molar-refractivity contribution in [3.63, 3.8) is 0 Å². The number of carbonyl (C=O) groups excluding carboxylic acids is 1. The number of rotatable bonds is 7. The first-order valence-corrected chi connectivity index (χ1v) is 14.4. The number of terminal acetylenes is 1. The maximum Gasteiger partial charge on any atom is 0.299 e. The molecule has 1 amide bonds. The second kappa shape index (κ2) is 9.65. The predicted molar refractivity (Wildman–Crippen MR) is 150 cm³/mol. The van der Waals surface area contributed by atoms with Crippen molar-refractivity contribution in [1.82, 2.24) is 4.90 Å². The number of methoxy groups -OCH3 is 1. The van der Waals surface area contributed by atoms with Crippen LogP contribution in [0.15, 0.2) is 42.5 Å². The van der Waals surface area contributed by atoms with Gasteiger partial charge in [-0.1, -0.05) is 38.0 Å². The van der Waals surface area contributed by atoms with Crippen LogP contribution in [0.1, 0.15) is 87.4 Å². The highest BCUT2D eigenvalue weighted by Gasteiger charge is 2.57. The fourth-order valence-electron chi connectivity index (χ4n) is 8.66. The molecule has 4 aliphatic carbocycles. The molecule has 0 saturated heterocycles. The van der Waals surface area contributed by atoms with Gasteiger partial charge in [0, 0.05) is 17.3 Å². The van der Waals surface area contributed by atoms with E-state index in [1.165, 1.54) is 12.0 Å². The lowest BCUT2D eigenvalue weighted by atomic mass is 9.51. The van der Waals surface area contributed by atoms with Crippen molar-refractivity contribution in [3.8, 4) is 18.1 Å². The van der Waals surface area contributed by atoms with Crippen molar-refractivity contribution in [2.45, 2.75) is 94.4 Å². The molecule has 1 aliphatic heterocycles. The van der Waals surface area contributed by atoms with Crippen LogP contribution in [0.25, 0.3) is 0 Å². The van der Waals surface area contributed by atoms with Crippen LogP contribution in [0.4, 0.5) is 5.69 Å². The first-order valence-electron chi connectivity index (χ1n) is 14.4. The molecule has 38 heavy (non-hydrogen) atoms. The smallest absolute Gasteiger partial charge is 0.299 e. The van der Waals surface area contributed by atoms with Gasteiger partial charge >= 0.3 is 0 Å². The lowest BCUT2D eigenvalue weighted by Gasteiger charge is -2.60. The molecule has 7 rings (SSSR count). The maximum atomic E-state index is 13.2. The van der Waals surface area contributed by atoms with Gasteiger partial charge in [-0.2, -0.15) is 0 Å². The van der Waals surface area contributed by atoms with E-state index in [4.69, 9.17) is 11.2 Å². The fraction of sp³-hybridized carbons (Fsp3) is 0.545. The molecule has 4 fully saturated rings. The number of ether oxygens (including phenoxy) is 1. The number of nitrogens with one attached hydrogen (secondary N) is 1. The van der Waals surface area contributed by atoms with Crippen molar-refractivity contribution in [1.29, 1.82) is 0 Å². The van der Waals surface area contributed by atoms with Gasteiger partial charge < -0.3 is 20.1 Å². The molecule has 1 heterocycles. The average molecular weight is 513 g/mol. The number of amides is 1. The minimum atomic E-state index is -0.493. The molecule has 2 unspecified atom stereocenters. The summed E-state index contributed by atoms with van der Waals surface area (Å²) in [4.78, 5) is 15.1. The van der Waals surface area contributed by atoms with Crippen molar-refractivity contribution in [2.24, 2.45) is 11.8 Å². The van der Waals surface area contributed by atoms with Crippen molar-refractivity contribution < 1.29 is 14.6 Å². The Labute approximate surface area is 227 Å². The first kappa shape index (κ1) is 25.3. The molecule has 2 aromatic rings. The van der Waals surface area contributed by atoms with E-state index in [2.05, 4.69) is 54.6 Å². The molecule has 4 bridgehead atoms. The van der Waals surface area contributed by atoms with Crippen LogP contribution in [-0.4, -0.2) is 40.2 Å². The molecule has 2 aromatic carbocycles. The number of carbonyl (C=O) groups is 1. The minimum Gasteiger partial charge on any atom is -0.497 e. The van der Waals surface area contributed by atoms with Crippen molar-refractivity contribution in [2.75, 3.05) is 12.4 Å². The second-order valence-corrected chi connectivity index (χ2v) is 12.5. The topological polar surface area (TPSA) is 61.8 Å². The average Bonchev–Trinajstić information content (AvgIpc) is 2.89. The molecular formula is C33H40N2O3. The van der Waals surface area contributed by atoms with E-state index in [0.717, 1.165) is 80.4 Å². The highest BCUT2D eigenvalue weighted by molar-refractivity contribution is 5.94. The summed E-state index contributed by atoms with van der Waals surface area (Å²) in [6.07, 6.45) is 15.9. The zero-order chi connectivity index (χ0) is 26.5. The zero-order valence-electron chi connectivity index (χ0n) is 22.7. The van der Waals surface area contributed by atoms with Gasteiger partial charge in [0.2, 0.25) is 0 Å². The lowest BCUT2D eigenvalue weighted by Crippen LogP contribution is -2.61. The van der Waals surface area contributed by atoms with Gasteiger partial charge in [0.1, 0.15) is 5.75 Å². The van der Waals surface area contributed by atoms with Crippen LogP contribution in [0.5, 0.6) is 5.75 Å². The Morgan fingerprint density at radius 3 is 2.53 bits per heavy atom. The van der Waals surface area contributed by atoms with Gasteiger partial charge in [-0.15, -0.1) is 6.42 Å². The molecule has 200 valence electrons. The Bertz CT molecular complexity index is 1230.